The van der Waals surface area contributed by atoms with Gasteiger partial charge in [-0.2, -0.15) is 0 Å². The quantitative estimate of drug-likeness (QED) is 0.0854. The minimum Gasteiger partial charge on any atom is -0.504 e. The Labute approximate surface area is 224 Å². The second-order valence-corrected chi connectivity index (χ2v) is 9.01. The molecule has 190 valence electrons. The highest BCUT2D eigenvalue weighted by atomic mass is 35.5. The van der Waals surface area contributed by atoms with Gasteiger partial charge in [-0.05, 0) is 71.4 Å². The summed E-state index contributed by atoms with van der Waals surface area (Å²) in [4.78, 5) is 25.7. The van der Waals surface area contributed by atoms with Crippen molar-refractivity contribution in [3.8, 4) is 34.5 Å². The van der Waals surface area contributed by atoms with Crippen molar-refractivity contribution in [1.29, 1.82) is 0 Å². The van der Waals surface area contributed by atoms with Crippen LogP contribution in [0.3, 0.4) is 0 Å². The third kappa shape index (κ3) is 4.47. The molecule has 8 nitrogen and oxygen atoms in total. The Morgan fingerprint density at radius 1 is 0.579 bits per heavy atom. The van der Waals surface area contributed by atoms with Crippen LogP contribution in [-0.2, 0) is 0 Å². The topological polar surface area (TPSA) is 134 Å². The summed E-state index contributed by atoms with van der Waals surface area (Å²) in [6.45, 7) is 0. The predicted octanol–water partition coefficient (Wildman–Crippen LogP) is 6.56. The van der Waals surface area contributed by atoms with Gasteiger partial charge in [-0.15, -0.1) is 0 Å². The number of halogens is 2. The van der Waals surface area contributed by atoms with Gasteiger partial charge in [0.1, 0.15) is 22.6 Å². The number of hydrogen-bond acceptors (Lipinski definition) is 8. The summed E-state index contributed by atoms with van der Waals surface area (Å²) in [5, 5.41) is 42.2. The molecule has 0 spiro atoms. The number of rotatable bonds is 4. The van der Waals surface area contributed by atoms with Crippen molar-refractivity contribution in [2.75, 3.05) is 0 Å². The molecule has 10 heteroatoms. The lowest BCUT2D eigenvalue weighted by atomic mass is 10.0. The van der Waals surface area contributed by atoms with Gasteiger partial charge in [-0.1, -0.05) is 35.3 Å². The van der Waals surface area contributed by atoms with Gasteiger partial charge in [-0.3, -0.25) is 0 Å². The third-order valence-electron chi connectivity index (χ3n) is 5.81. The Balaban J connectivity index is 1.64. The highest BCUT2D eigenvalue weighted by molar-refractivity contribution is 6.43. The van der Waals surface area contributed by atoms with Gasteiger partial charge in [-0.25, -0.2) is 9.59 Å². The molecule has 5 aromatic rings. The first-order valence-electron chi connectivity index (χ1n) is 11.0. The number of fused-ring (bicyclic) bond motifs is 2. The molecule has 0 radical (unpaired) electrons. The Bertz CT molecular complexity index is 1650. The molecular formula is C28H16Cl2O8. The lowest BCUT2D eigenvalue weighted by Crippen LogP contribution is -2.11. The van der Waals surface area contributed by atoms with E-state index in [1.807, 2.05) is 0 Å². The number of carbonyl (C=O) groups excluding carboxylic acids is 2. The Morgan fingerprint density at radius 2 is 0.974 bits per heavy atom. The van der Waals surface area contributed by atoms with E-state index in [2.05, 4.69) is 0 Å². The zero-order valence-corrected chi connectivity index (χ0v) is 20.6. The molecule has 0 aromatic heterocycles. The highest BCUT2D eigenvalue weighted by Gasteiger charge is 2.21. The first-order chi connectivity index (χ1) is 18.1. The molecule has 0 saturated carbocycles. The summed E-state index contributed by atoms with van der Waals surface area (Å²) < 4.78 is 11.1. The number of benzene rings is 5. The summed E-state index contributed by atoms with van der Waals surface area (Å²) in [7, 11) is 0. The number of aromatic hydroxyl groups is 4. The number of para-hydroxylation sites is 2. The molecule has 0 atom stereocenters. The molecule has 0 bridgehead atoms. The Morgan fingerprint density at radius 3 is 1.37 bits per heavy atom. The smallest absolute Gasteiger partial charge is 0.347 e. The zero-order chi connectivity index (χ0) is 27.1. The zero-order valence-electron chi connectivity index (χ0n) is 19.1. The Hall–Kier alpha value is -4.66. The summed E-state index contributed by atoms with van der Waals surface area (Å²) in [6, 6.07) is 17.1. The summed E-state index contributed by atoms with van der Waals surface area (Å²) in [5.41, 5.74) is -0.521. The maximum atomic E-state index is 12.8. The van der Waals surface area contributed by atoms with Crippen LogP contribution in [0.1, 0.15) is 20.7 Å². The number of hydrogen-bond donors (Lipinski definition) is 4. The average Bonchev–Trinajstić information content (AvgIpc) is 2.88. The molecule has 0 aliphatic carbocycles. The fraction of sp³-hybridized carbons (Fsp3) is 0. The van der Waals surface area contributed by atoms with E-state index in [1.54, 1.807) is 24.3 Å². The van der Waals surface area contributed by atoms with Crippen molar-refractivity contribution in [1.82, 2.24) is 0 Å². The van der Waals surface area contributed by atoms with Crippen molar-refractivity contribution >= 4 is 56.7 Å². The van der Waals surface area contributed by atoms with Crippen LogP contribution < -0.4 is 9.47 Å². The number of phenolic OH excluding ortho intramolecular Hbond substituents is 4. The van der Waals surface area contributed by atoms with Gasteiger partial charge in [0.05, 0.1) is 10.0 Å². The van der Waals surface area contributed by atoms with Crippen molar-refractivity contribution in [2.24, 2.45) is 0 Å². The van der Waals surface area contributed by atoms with Crippen LogP contribution in [0.15, 0.2) is 72.8 Å². The molecule has 0 aliphatic rings. The van der Waals surface area contributed by atoms with Gasteiger partial charge in [0.2, 0.25) is 0 Å². The minimum atomic E-state index is -0.941. The monoisotopic (exact) mass is 550 g/mol. The summed E-state index contributed by atoms with van der Waals surface area (Å²) >= 11 is 12.4. The van der Waals surface area contributed by atoms with Crippen LogP contribution in [0.25, 0.3) is 21.5 Å². The summed E-state index contributed by atoms with van der Waals surface area (Å²) in [5.74, 6) is -4.01. The molecule has 0 aliphatic heterocycles. The second kappa shape index (κ2) is 9.66. The van der Waals surface area contributed by atoms with E-state index < -0.39 is 34.9 Å². The highest BCUT2D eigenvalue weighted by Crippen LogP contribution is 2.40. The van der Waals surface area contributed by atoms with E-state index in [0.29, 0.717) is 31.6 Å². The van der Waals surface area contributed by atoms with Gasteiger partial charge >= 0.3 is 11.9 Å². The van der Waals surface area contributed by atoms with Crippen LogP contribution in [0.4, 0.5) is 0 Å². The molecule has 0 fully saturated rings. The summed E-state index contributed by atoms with van der Waals surface area (Å²) in [6.07, 6.45) is 0. The third-order valence-corrected chi connectivity index (χ3v) is 6.53. The van der Waals surface area contributed by atoms with Gasteiger partial charge in [0.25, 0.3) is 0 Å². The van der Waals surface area contributed by atoms with Crippen molar-refractivity contribution in [2.45, 2.75) is 0 Å². The first-order valence-corrected chi connectivity index (χ1v) is 11.7. The lowest BCUT2D eigenvalue weighted by molar-refractivity contribution is 0.0719. The number of ether oxygens (including phenoxy) is 2. The van der Waals surface area contributed by atoms with E-state index >= 15 is 0 Å². The lowest BCUT2D eigenvalue weighted by Gasteiger charge is -2.14. The number of phenols is 4. The maximum Gasteiger partial charge on any atom is 0.347 e. The number of carbonyl (C=O) groups is 2. The first kappa shape index (κ1) is 25.0. The Kier molecular flexibility index (Phi) is 6.36. The normalized spacial score (nSPS) is 11.0. The van der Waals surface area contributed by atoms with Crippen molar-refractivity contribution in [3.05, 3.63) is 94.0 Å². The minimum absolute atomic E-state index is 0.0562. The standard InChI is InChI=1S/C28H16Cl2O8/c29-19-11-13-9-17-18(10-14(13)12-20(19)30)24(38-28(36)16-4-2-6-22(32)26(16)34)8-7-23(17)37-27(35)15-3-1-5-21(31)25(15)33/h1-12,31-34H. The predicted molar refractivity (Wildman–Crippen MR) is 141 cm³/mol. The fourth-order valence-corrected chi connectivity index (χ4v) is 4.26. The molecule has 5 aromatic carbocycles. The van der Waals surface area contributed by atoms with Crippen LogP contribution >= 0.6 is 23.2 Å². The van der Waals surface area contributed by atoms with Crippen LogP contribution in [0.2, 0.25) is 10.0 Å². The van der Waals surface area contributed by atoms with E-state index in [0.717, 1.165) is 0 Å². The SMILES string of the molecule is O=C(Oc1ccc(OC(=O)c2cccc(O)c2O)c2cc3cc(Cl)c(Cl)cc3cc12)c1cccc(O)c1O. The van der Waals surface area contributed by atoms with E-state index in [1.165, 1.54) is 48.5 Å². The molecule has 0 unspecified atom stereocenters. The van der Waals surface area contributed by atoms with Crippen LogP contribution in [-0.4, -0.2) is 32.4 Å². The van der Waals surface area contributed by atoms with E-state index in [9.17, 15) is 30.0 Å². The largest absolute Gasteiger partial charge is 0.504 e. The molecule has 38 heavy (non-hydrogen) atoms. The number of esters is 2. The molecule has 5 rings (SSSR count). The molecule has 0 heterocycles. The molecule has 0 amide bonds. The van der Waals surface area contributed by atoms with Gasteiger partial charge in [0, 0.05) is 10.8 Å². The molecule has 0 saturated heterocycles. The van der Waals surface area contributed by atoms with Crippen molar-refractivity contribution in [3.63, 3.8) is 0 Å². The fourth-order valence-electron chi connectivity index (χ4n) is 3.91. The van der Waals surface area contributed by atoms with E-state index in [4.69, 9.17) is 32.7 Å². The van der Waals surface area contributed by atoms with E-state index in [-0.39, 0.29) is 22.6 Å². The van der Waals surface area contributed by atoms with Crippen LogP contribution in [0, 0.1) is 0 Å². The van der Waals surface area contributed by atoms with Gasteiger partial charge < -0.3 is 29.9 Å². The van der Waals surface area contributed by atoms with Gasteiger partial charge in [0.15, 0.2) is 23.0 Å². The molecular weight excluding hydrogens is 535 g/mol. The average molecular weight is 551 g/mol. The van der Waals surface area contributed by atoms with Crippen LogP contribution in [0.5, 0.6) is 34.5 Å². The van der Waals surface area contributed by atoms with Crippen molar-refractivity contribution < 1.29 is 39.5 Å². The molecule has 4 N–H and O–H groups in total. The maximum absolute atomic E-state index is 12.8. The second-order valence-electron chi connectivity index (χ2n) is 8.20.